The van der Waals surface area contributed by atoms with E-state index in [9.17, 15) is 21.4 Å². The van der Waals surface area contributed by atoms with Gasteiger partial charge in [-0.05, 0) is 23.8 Å². The first kappa shape index (κ1) is 22.3. The Morgan fingerprint density at radius 2 is 1.77 bits per heavy atom. The number of thiazole rings is 1. The van der Waals surface area contributed by atoms with Crippen molar-refractivity contribution >= 4 is 31.6 Å². The molecule has 9 nitrogen and oxygen atoms in total. The molecule has 2 N–H and O–H groups in total. The summed E-state index contributed by atoms with van der Waals surface area (Å²) in [6, 6.07) is 8.13. The third-order valence-electron chi connectivity index (χ3n) is 4.19. The lowest BCUT2D eigenvalue weighted by Gasteiger charge is -2.07. The zero-order valence-electron chi connectivity index (χ0n) is 15.8. The van der Waals surface area contributed by atoms with E-state index in [1.807, 2.05) is 12.1 Å². The number of nitrogens with zero attached hydrogens (tertiary/aromatic N) is 2. The summed E-state index contributed by atoms with van der Waals surface area (Å²) in [6.45, 7) is 0.438. The molecule has 3 aromatic rings. The van der Waals surface area contributed by atoms with Gasteiger partial charge in [0.2, 0.25) is 0 Å². The molecule has 0 unspecified atom stereocenters. The van der Waals surface area contributed by atoms with Crippen molar-refractivity contribution < 1.29 is 35.2 Å². The highest BCUT2D eigenvalue weighted by Gasteiger charge is 2.18. The van der Waals surface area contributed by atoms with E-state index in [1.165, 1.54) is 30.6 Å². The third-order valence-corrected chi connectivity index (χ3v) is 6.96. The van der Waals surface area contributed by atoms with Gasteiger partial charge in [0, 0.05) is 30.3 Å². The van der Waals surface area contributed by atoms with Crippen LogP contribution in [0.25, 0.3) is 21.0 Å². The molecule has 0 saturated heterocycles. The zero-order chi connectivity index (χ0) is 21.9. The monoisotopic (exact) mass is 471 g/mol. The minimum atomic E-state index is -4.44. The first-order valence-corrected chi connectivity index (χ1v) is 12.5. The van der Waals surface area contributed by atoms with E-state index in [0.717, 1.165) is 5.56 Å². The molecule has 0 aliphatic heterocycles. The first-order chi connectivity index (χ1) is 14.1. The number of rotatable bonds is 8. The molecule has 0 aliphatic carbocycles. The van der Waals surface area contributed by atoms with Crippen molar-refractivity contribution in [2.45, 2.75) is 17.9 Å². The Balaban J connectivity index is 1.80. The van der Waals surface area contributed by atoms with Gasteiger partial charge < -0.3 is 4.74 Å². The fourth-order valence-corrected chi connectivity index (χ4v) is 4.84. The van der Waals surface area contributed by atoms with Gasteiger partial charge in [0.25, 0.3) is 20.2 Å². The zero-order valence-corrected chi connectivity index (χ0v) is 18.2. The average molecular weight is 472 g/mol. The summed E-state index contributed by atoms with van der Waals surface area (Å²) in [5, 5.41) is 0.708. The van der Waals surface area contributed by atoms with Crippen molar-refractivity contribution in [3.05, 3.63) is 48.9 Å². The summed E-state index contributed by atoms with van der Waals surface area (Å²) in [5.74, 6) is -0.252. The van der Waals surface area contributed by atoms with Crippen LogP contribution in [0.5, 0.6) is 5.75 Å². The van der Waals surface area contributed by atoms with Crippen molar-refractivity contribution in [3.8, 4) is 26.8 Å². The van der Waals surface area contributed by atoms with Gasteiger partial charge in [-0.1, -0.05) is 0 Å². The number of pyridine rings is 1. The third kappa shape index (κ3) is 5.61. The molecule has 2 aromatic heterocycles. The van der Waals surface area contributed by atoms with Crippen LogP contribution >= 0.6 is 11.3 Å². The van der Waals surface area contributed by atoms with Crippen LogP contribution in [-0.4, -0.2) is 43.8 Å². The number of hydrogen-bond acceptors (Lipinski definition) is 7. The molecule has 3 rings (SSSR count). The Kier molecular flexibility index (Phi) is 6.53. The predicted molar refractivity (Wildman–Crippen MR) is 111 cm³/mol. The number of ether oxygens (including phenoxy) is 1. The predicted octanol–water partition coefficient (Wildman–Crippen LogP) is 2.30. The molecule has 0 radical (unpaired) electrons. The molecule has 0 saturated carbocycles. The lowest BCUT2D eigenvalue weighted by molar-refractivity contribution is -0.696. The fourth-order valence-electron chi connectivity index (χ4n) is 2.75. The minimum Gasteiger partial charge on any atom is -0.495 e. The van der Waals surface area contributed by atoms with Crippen molar-refractivity contribution in [2.24, 2.45) is 0 Å². The number of hydrogen-bond donors (Lipinski definition) is 2. The topological polar surface area (TPSA) is 135 Å². The highest BCUT2D eigenvalue weighted by molar-refractivity contribution is 7.86. The van der Waals surface area contributed by atoms with Crippen LogP contribution in [0.3, 0.4) is 0 Å². The molecule has 0 spiro atoms. The number of aromatic nitrogens is 2. The van der Waals surface area contributed by atoms with Crippen molar-refractivity contribution in [2.75, 3.05) is 12.9 Å². The maximum absolute atomic E-state index is 11.6. The largest absolute Gasteiger partial charge is 0.495 e. The summed E-state index contributed by atoms with van der Waals surface area (Å²) >= 11 is 1.35. The van der Waals surface area contributed by atoms with E-state index < -0.39 is 20.2 Å². The Labute approximate surface area is 178 Å². The van der Waals surface area contributed by atoms with Crippen LogP contribution in [0, 0.1) is 0 Å². The number of benzene rings is 1. The van der Waals surface area contributed by atoms with Gasteiger partial charge >= 0.3 is 0 Å². The highest BCUT2D eigenvalue weighted by atomic mass is 32.2. The fraction of sp³-hybridized carbons (Fsp3) is 0.222. The van der Waals surface area contributed by atoms with Crippen molar-refractivity contribution in [3.63, 3.8) is 0 Å². The van der Waals surface area contributed by atoms with E-state index in [2.05, 4.69) is 4.98 Å². The van der Waals surface area contributed by atoms with Gasteiger partial charge in [-0.3, -0.25) is 9.11 Å². The van der Waals surface area contributed by atoms with E-state index in [0.29, 0.717) is 22.0 Å². The first-order valence-electron chi connectivity index (χ1n) is 8.63. The van der Waals surface area contributed by atoms with Gasteiger partial charge in [-0.2, -0.15) is 16.8 Å². The van der Waals surface area contributed by atoms with E-state index >= 15 is 0 Å². The molecule has 0 atom stereocenters. The molecule has 0 fully saturated rings. The minimum absolute atomic E-state index is 0.0487. The van der Waals surface area contributed by atoms with E-state index in [1.54, 1.807) is 29.2 Å². The Morgan fingerprint density at radius 3 is 2.37 bits per heavy atom. The maximum Gasteiger partial charge on any atom is 0.298 e. The van der Waals surface area contributed by atoms with Crippen LogP contribution in [0.15, 0.2) is 53.8 Å². The normalized spacial score (nSPS) is 12.1. The van der Waals surface area contributed by atoms with Crippen LogP contribution in [0.4, 0.5) is 0 Å². The molecule has 160 valence electrons. The second-order valence-electron chi connectivity index (χ2n) is 6.33. The molecule has 0 aliphatic rings. The molecule has 1 aromatic carbocycles. The molecular weight excluding hydrogens is 452 g/mol. The summed E-state index contributed by atoms with van der Waals surface area (Å²) in [6.07, 6.45) is 5.47. The summed E-state index contributed by atoms with van der Waals surface area (Å²) in [4.78, 5) is 4.77. The van der Waals surface area contributed by atoms with Crippen LogP contribution in [0.2, 0.25) is 0 Å². The summed E-state index contributed by atoms with van der Waals surface area (Å²) in [5.41, 5.74) is 1.41. The Hall–Kier alpha value is -2.38. The quantitative estimate of drug-likeness (QED) is 0.377. The van der Waals surface area contributed by atoms with Crippen LogP contribution in [-0.2, 0) is 26.8 Å². The standard InChI is InChI=1S/C18H18N2O7S3/c1-27-15-4-3-14(11-17(15)30(24,25)26)16-12-19-18(28-16)13-5-8-20(9-6-13)7-2-10-29(21,22)23/h3-6,8-9,11-12H,2,7,10H2,1H3,(H-,21,22,23,24,25,26)/p+1. The lowest BCUT2D eigenvalue weighted by atomic mass is 10.2. The Bertz CT molecular complexity index is 1250. The van der Waals surface area contributed by atoms with Gasteiger partial charge in [-0.25, -0.2) is 9.55 Å². The van der Waals surface area contributed by atoms with Gasteiger partial charge in [-0.15, -0.1) is 11.3 Å². The number of methoxy groups -OCH3 is 1. The van der Waals surface area contributed by atoms with Gasteiger partial charge in [0.15, 0.2) is 12.4 Å². The van der Waals surface area contributed by atoms with Crippen LogP contribution < -0.4 is 9.30 Å². The van der Waals surface area contributed by atoms with Gasteiger partial charge in [0.1, 0.15) is 22.2 Å². The second-order valence-corrected chi connectivity index (χ2v) is 10.3. The molecular formula is C18H19N2O7S3+. The average Bonchev–Trinajstić information content (AvgIpc) is 3.16. The highest BCUT2D eigenvalue weighted by Crippen LogP contribution is 2.35. The smallest absolute Gasteiger partial charge is 0.298 e. The molecule has 30 heavy (non-hydrogen) atoms. The molecule has 0 bridgehead atoms. The number of aryl methyl sites for hydroxylation is 1. The summed E-state index contributed by atoms with van der Waals surface area (Å²) in [7, 11) is -7.09. The van der Waals surface area contributed by atoms with Crippen LogP contribution in [0.1, 0.15) is 6.42 Å². The van der Waals surface area contributed by atoms with Gasteiger partial charge in [0.05, 0.1) is 17.7 Å². The van der Waals surface area contributed by atoms with E-state index in [4.69, 9.17) is 9.29 Å². The molecule has 2 heterocycles. The second kappa shape index (κ2) is 8.78. The SMILES string of the molecule is COc1ccc(-c2cnc(-c3cc[n+](CCCS(=O)(=O)O)cc3)s2)cc1S(=O)(=O)O. The summed E-state index contributed by atoms with van der Waals surface area (Å²) < 4.78 is 69.7. The van der Waals surface area contributed by atoms with E-state index in [-0.39, 0.29) is 22.8 Å². The van der Waals surface area contributed by atoms with Crippen molar-refractivity contribution in [1.82, 2.24) is 4.98 Å². The van der Waals surface area contributed by atoms with Crippen molar-refractivity contribution in [1.29, 1.82) is 0 Å². The molecule has 12 heteroatoms. The molecule has 0 amide bonds. The Morgan fingerprint density at radius 1 is 1.07 bits per heavy atom. The lowest BCUT2D eigenvalue weighted by Crippen LogP contribution is -2.33. The maximum atomic E-state index is 11.6.